The van der Waals surface area contributed by atoms with Crippen LogP contribution in [0, 0.1) is 9.54 Å². The number of quaternary nitrogens is 1. The topological polar surface area (TPSA) is 133 Å². The number of halogens is 2. The minimum absolute atomic E-state index is 0.0974. The second-order valence-corrected chi connectivity index (χ2v) is 13.2. The molecule has 0 bridgehead atoms. The lowest BCUT2D eigenvalue weighted by Crippen LogP contribution is -3.11. The number of aromatic hydroxyl groups is 1. The molecular weight excluding hydrogens is 693 g/mol. The van der Waals surface area contributed by atoms with Crippen LogP contribution in [0.15, 0.2) is 76.3 Å². The van der Waals surface area contributed by atoms with Gasteiger partial charge in [-0.05, 0) is 116 Å². The van der Waals surface area contributed by atoms with E-state index in [0.29, 0.717) is 39.3 Å². The van der Waals surface area contributed by atoms with E-state index in [0.717, 1.165) is 36.1 Å². The summed E-state index contributed by atoms with van der Waals surface area (Å²) in [5.74, 6) is -2.06. The Kier molecular flexibility index (Phi) is 9.90. The summed E-state index contributed by atoms with van der Waals surface area (Å²) in [6, 6.07) is 18.1. The van der Waals surface area contributed by atoms with Gasteiger partial charge in [-0.25, -0.2) is 0 Å². The fraction of sp³-hybridized carbons (Fsp3) is 0.235. The molecular formula is C34H31Cl2N5O5S2. The molecule has 2 aromatic heterocycles. The minimum Gasteiger partial charge on any atom is -0.859 e. The van der Waals surface area contributed by atoms with Crippen molar-refractivity contribution in [2.75, 3.05) is 20.2 Å². The molecule has 248 valence electrons. The Morgan fingerprint density at radius 2 is 1.40 bits per heavy atom. The average Bonchev–Trinajstić information content (AvgIpc) is 3.06. The maximum atomic E-state index is 14.5. The van der Waals surface area contributed by atoms with Crippen molar-refractivity contribution in [3.05, 3.63) is 129 Å². The van der Waals surface area contributed by atoms with Crippen LogP contribution < -0.4 is 25.9 Å². The number of benzene rings is 3. The third-order valence-corrected chi connectivity index (χ3v) is 9.68. The number of piperidine rings is 1. The summed E-state index contributed by atoms with van der Waals surface area (Å²) in [6.07, 6.45) is 3.39. The van der Waals surface area contributed by atoms with Crippen LogP contribution in [-0.4, -0.2) is 44.4 Å². The Balaban J connectivity index is 1.66. The van der Waals surface area contributed by atoms with Crippen molar-refractivity contribution < 1.29 is 19.8 Å². The van der Waals surface area contributed by atoms with E-state index >= 15 is 0 Å². The van der Waals surface area contributed by atoms with Gasteiger partial charge in [0, 0.05) is 26.9 Å². The molecule has 1 unspecified atom stereocenters. The zero-order valence-corrected chi connectivity index (χ0v) is 28.9. The fourth-order valence-corrected chi connectivity index (χ4v) is 7.15. The van der Waals surface area contributed by atoms with Crippen molar-refractivity contribution in [2.24, 2.45) is 0 Å². The number of aromatic nitrogens is 4. The number of likely N-dealkylation sites (tertiary alicyclic amines) is 1. The molecule has 5 aromatic rings. The Labute approximate surface area is 295 Å². The molecule has 6 rings (SSSR count). The summed E-state index contributed by atoms with van der Waals surface area (Å²) in [7, 11) is 1.58. The van der Waals surface area contributed by atoms with Gasteiger partial charge in [0.05, 0.1) is 37.4 Å². The predicted molar refractivity (Wildman–Crippen MR) is 188 cm³/mol. The molecule has 0 amide bonds. The Morgan fingerprint density at radius 3 is 1.98 bits per heavy atom. The maximum Gasteiger partial charge on any atom is 0.259 e. The van der Waals surface area contributed by atoms with E-state index in [1.54, 1.807) is 67.8 Å². The number of H-pyrrole nitrogens is 2. The van der Waals surface area contributed by atoms with Gasteiger partial charge < -0.3 is 24.4 Å². The monoisotopic (exact) mass is 723 g/mol. The van der Waals surface area contributed by atoms with Crippen LogP contribution in [-0.2, 0) is 6.54 Å². The second-order valence-electron chi connectivity index (χ2n) is 11.6. The van der Waals surface area contributed by atoms with E-state index < -0.39 is 28.8 Å². The number of nitrogens with zero attached hydrogens (tertiary/aromatic N) is 2. The minimum atomic E-state index is -1.37. The van der Waals surface area contributed by atoms with E-state index in [-0.39, 0.29) is 20.7 Å². The molecule has 1 fully saturated rings. The molecule has 3 aromatic carbocycles. The highest BCUT2D eigenvalue weighted by molar-refractivity contribution is 7.71. The summed E-state index contributed by atoms with van der Waals surface area (Å²) >= 11 is 23.1. The first kappa shape index (κ1) is 33.7. The molecule has 3 heterocycles. The van der Waals surface area contributed by atoms with Crippen molar-refractivity contribution in [3.8, 4) is 28.9 Å². The third kappa shape index (κ3) is 6.58. The van der Waals surface area contributed by atoms with E-state index in [9.17, 15) is 19.8 Å². The van der Waals surface area contributed by atoms with Gasteiger partial charge >= 0.3 is 0 Å². The Morgan fingerprint density at radius 1 is 0.854 bits per heavy atom. The van der Waals surface area contributed by atoms with Crippen LogP contribution in [0.5, 0.6) is 17.5 Å². The fourth-order valence-electron chi connectivity index (χ4n) is 6.33. The lowest BCUT2D eigenvalue weighted by Gasteiger charge is -2.28. The molecule has 48 heavy (non-hydrogen) atoms. The first-order chi connectivity index (χ1) is 23.1. The van der Waals surface area contributed by atoms with Crippen LogP contribution in [0.3, 0.4) is 0 Å². The normalized spacial score (nSPS) is 14.1. The summed E-state index contributed by atoms with van der Waals surface area (Å²) in [5, 5.41) is 27.3. The smallest absolute Gasteiger partial charge is 0.259 e. The van der Waals surface area contributed by atoms with Crippen molar-refractivity contribution in [1.82, 2.24) is 19.1 Å². The standard InChI is InChI=1S/C34H31Cl2N5O5S2/c1-46-25-14-5-19(17-20(25)18-39-15-3-2-4-16-39)26(27-29(42)37-33(47)40(31(27)44)23-10-6-21(35)7-11-23)28-30(43)38-34(48)41(32(28)45)24-12-8-22(36)9-13-24/h5-14,17,26,44-45H,2-4,15-16,18H2,1H3,(H,37,42,47)(H,38,43,48). The first-order valence-corrected chi connectivity index (χ1v) is 16.8. The number of nitrogens with one attached hydrogen (secondary N) is 3. The largest absolute Gasteiger partial charge is 0.859 e. The number of hydrogen-bond acceptors (Lipinski definition) is 7. The van der Waals surface area contributed by atoms with Gasteiger partial charge in [-0.15, -0.1) is 0 Å². The molecule has 0 spiro atoms. The van der Waals surface area contributed by atoms with E-state index in [1.807, 2.05) is 6.07 Å². The number of rotatable bonds is 8. The van der Waals surface area contributed by atoms with Crippen molar-refractivity contribution in [1.29, 1.82) is 0 Å². The molecule has 1 aliphatic rings. The Hall–Kier alpha value is -4.20. The zero-order chi connectivity index (χ0) is 34.1. The molecule has 1 atom stereocenters. The summed E-state index contributed by atoms with van der Waals surface area (Å²) in [5.41, 5.74) is -0.189. The highest BCUT2D eigenvalue weighted by Gasteiger charge is 2.31. The SMILES string of the molecule is COc1ccc(C(c2c([O-])n(-c3ccc(Cl)cc3)c(=S)[nH]c2=O)c2c(O)n(-c3ccc(Cl)cc3)c(=S)[nH]c2=O)cc1C[NH+]1CCCCC1. The third-order valence-electron chi connectivity index (χ3n) is 8.61. The quantitative estimate of drug-likeness (QED) is 0.167. The molecule has 10 nitrogen and oxygen atoms in total. The summed E-state index contributed by atoms with van der Waals surface area (Å²) in [6.45, 7) is 2.60. The molecule has 0 aliphatic carbocycles. The number of hydrogen-bond donors (Lipinski definition) is 4. The highest BCUT2D eigenvalue weighted by atomic mass is 35.5. The van der Waals surface area contributed by atoms with Crippen LogP contribution in [0.1, 0.15) is 47.4 Å². The molecule has 0 saturated carbocycles. The molecule has 14 heteroatoms. The van der Waals surface area contributed by atoms with Gasteiger partial charge in [0.25, 0.3) is 11.1 Å². The number of ether oxygens (including phenoxy) is 1. The predicted octanol–water partition coefficient (Wildman–Crippen LogP) is 4.95. The van der Waals surface area contributed by atoms with Crippen LogP contribution in [0.4, 0.5) is 0 Å². The van der Waals surface area contributed by atoms with Gasteiger partial charge in [-0.1, -0.05) is 29.3 Å². The van der Waals surface area contributed by atoms with Crippen molar-refractivity contribution >= 4 is 47.6 Å². The van der Waals surface area contributed by atoms with E-state index in [4.69, 9.17) is 52.4 Å². The van der Waals surface area contributed by atoms with Gasteiger partial charge in [-0.3, -0.25) is 24.1 Å². The average molecular weight is 725 g/mol. The van der Waals surface area contributed by atoms with Crippen LogP contribution >= 0.6 is 47.6 Å². The zero-order valence-electron chi connectivity index (χ0n) is 25.7. The molecule has 4 N–H and O–H groups in total. The Bertz CT molecular complexity index is 2100. The van der Waals surface area contributed by atoms with Crippen LogP contribution in [0.2, 0.25) is 10.0 Å². The van der Waals surface area contributed by atoms with Crippen molar-refractivity contribution in [2.45, 2.75) is 31.7 Å². The highest BCUT2D eigenvalue weighted by Crippen LogP contribution is 2.39. The molecule has 1 aliphatic heterocycles. The van der Waals surface area contributed by atoms with Crippen molar-refractivity contribution in [3.63, 3.8) is 0 Å². The number of methoxy groups -OCH3 is 1. The lowest BCUT2D eigenvalue weighted by molar-refractivity contribution is -0.918. The molecule has 0 radical (unpaired) electrons. The molecule has 1 saturated heterocycles. The van der Waals surface area contributed by atoms with E-state index in [1.165, 1.54) is 15.9 Å². The number of aromatic amines is 2. The van der Waals surface area contributed by atoms with E-state index in [2.05, 4.69) is 9.97 Å². The van der Waals surface area contributed by atoms with Crippen LogP contribution in [0.25, 0.3) is 11.4 Å². The van der Waals surface area contributed by atoms with Gasteiger partial charge in [0.15, 0.2) is 9.54 Å². The first-order valence-electron chi connectivity index (χ1n) is 15.2. The maximum absolute atomic E-state index is 14.5. The van der Waals surface area contributed by atoms with Gasteiger partial charge in [0.1, 0.15) is 12.3 Å². The summed E-state index contributed by atoms with van der Waals surface area (Å²) < 4.78 is 7.89. The second kappa shape index (κ2) is 14.1. The lowest BCUT2D eigenvalue weighted by atomic mass is 9.85. The van der Waals surface area contributed by atoms with Gasteiger partial charge in [-0.2, -0.15) is 0 Å². The van der Waals surface area contributed by atoms with Gasteiger partial charge in [0.2, 0.25) is 5.88 Å². The summed E-state index contributed by atoms with van der Waals surface area (Å²) in [4.78, 5) is 34.4.